The molecule has 2 heterocycles. The maximum atomic E-state index is 12.8. The summed E-state index contributed by atoms with van der Waals surface area (Å²) >= 11 is 7.47. The van der Waals surface area contributed by atoms with Gasteiger partial charge < -0.3 is 4.90 Å². The summed E-state index contributed by atoms with van der Waals surface area (Å²) in [6, 6.07) is 6.76. The smallest absolute Gasteiger partial charge is 0.226 e. The number of thiazole rings is 1. The number of rotatable bonds is 3. The number of nitrogens with zero attached hydrogens (tertiary/aromatic N) is 2. The predicted octanol–water partition coefficient (Wildman–Crippen LogP) is 4.17. The van der Waals surface area contributed by atoms with E-state index in [1.807, 2.05) is 6.92 Å². The average molecular weight is 371 g/mol. The Kier molecular flexibility index (Phi) is 4.67. The molecule has 23 heavy (non-hydrogen) atoms. The van der Waals surface area contributed by atoms with E-state index in [1.54, 1.807) is 24.3 Å². The van der Waals surface area contributed by atoms with Gasteiger partial charge in [0.25, 0.3) is 0 Å². The molecule has 3 rings (SSSR count). The number of hydrogen-bond donors (Lipinski definition) is 0. The zero-order valence-electron chi connectivity index (χ0n) is 13.1. The van der Waals surface area contributed by atoms with E-state index in [-0.39, 0.29) is 14.3 Å². The molecule has 1 saturated heterocycles. The molecule has 4 nitrogen and oxygen atoms in total. The molecule has 1 aromatic carbocycles. The summed E-state index contributed by atoms with van der Waals surface area (Å²) in [7, 11) is -3.68. The summed E-state index contributed by atoms with van der Waals surface area (Å²) in [6.45, 7) is 5.92. The largest absolute Gasteiger partial charge is 0.348 e. The number of piperidine rings is 1. The van der Waals surface area contributed by atoms with Gasteiger partial charge in [0.05, 0.1) is 4.90 Å². The number of hydrogen-bond acceptors (Lipinski definition) is 5. The van der Waals surface area contributed by atoms with Gasteiger partial charge >= 0.3 is 0 Å². The quantitative estimate of drug-likeness (QED) is 0.813. The van der Waals surface area contributed by atoms with Gasteiger partial charge in [0.1, 0.15) is 4.34 Å². The topological polar surface area (TPSA) is 50.3 Å². The van der Waals surface area contributed by atoms with Crippen LogP contribution in [0.3, 0.4) is 0 Å². The van der Waals surface area contributed by atoms with Gasteiger partial charge in [0, 0.05) is 13.1 Å². The van der Waals surface area contributed by atoms with E-state index in [0.717, 1.165) is 25.1 Å². The van der Waals surface area contributed by atoms with Crippen LogP contribution in [0.5, 0.6) is 0 Å². The van der Waals surface area contributed by atoms with E-state index in [4.69, 9.17) is 11.6 Å². The van der Waals surface area contributed by atoms with Crippen LogP contribution in [-0.2, 0) is 9.84 Å². The number of aromatic nitrogens is 1. The number of benzene rings is 1. The van der Waals surface area contributed by atoms with Crippen molar-refractivity contribution in [1.29, 1.82) is 0 Å². The molecule has 2 aromatic rings. The van der Waals surface area contributed by atoms with Crippen LogP contribution in [0.1, 0.15) is 25.3 Å². The molecule has 124 valence electrons. The summed E-state index contributed by atoms with van der Waals surface area (Å²) < 4.78 is 25.8. The van der Waals surface area contributed by atoms with Crippen LogP contribution < -0.4 is 4.90 Å². The second-order valence-electron chi connectivity index (χ2n) is 6.09. The van der Waals surface area contributed by atoms with Crippen LogP contribution in [0.25, 0.3) is 0 Å². The Hall–Kier alpha value is -1.11. The van der Waals surface area contributed by atoms with Crippen molar-refractivity contribution in [2.24, 2.45) is 5.92 Å². The molecule has 0 aliphatic carbocycles. The Morgan fingerprint density at radius 3 is 2.65 bits per heavy atom. The predicted molar refractivity (Wildman–Crippen MR) is 94.4 cm³/mol. The number of sulfone groups is 1. The average Bonchev–Trinajstić information content (AvgIpc) is 2.90. The minimum atomic E-state index is -3.68. The summed E-state index contributed by atoms with van der Waals surface area (Å²) in [5.74, 6) is 0.587. The molecular formula is C16H19ClN2O2S2. The van der Waals surface area contributed by atoms with Gasteiger partial charge in [-0.2, -0.15) is 0 Å². The normalized spacial score (nSPS) is 19.1. The van der Waals surface area contributed by atoms with Crippen molar-refractivity contribution in [1.82, 2.24) is 4.98 Å². The highest BCUT2D eigenvalue weighted by atomic mass is 35.5. The second-order valence-corrected chi connectivity index (χ2v) is 9.53. The molecule has 0 spiro atoms. The molecule has 0 saturated carbocycles. The lowest BCUT2D eigenvalue weighted by Gasteiger charge is -2.30. The standard InChI is InChI=1S/C16H19ClN2O2S2/c1-11-5-7-13(8-6-11)23(20,21)15-14(17)22-16(18-15)19-9-3-4-12(2)10-19/h5-8,12H,3-4,9-10H2,1-2H3/t12-/m0/s1. The second kappa shape index (κ2) is 6.42. The fourth-order valence-electron chi connectivity index (χ4n) is 2.77. The van der Waals surface area contributed by atoms with Gasteiger partial charge in [0.2, 0.25) is 9.84 Å². The van der Waals surface area contributed by atoms with Crippen molar-refractivity contribution < 1.29 is 8.42 Å². The first kappa shape index (κ1) is 16.7. The summed E-state index contributed by atoms with van der Waals surface area (Å²) in [5.41, 5.74) is 1.01. The fraction of sp³-hybridized carbons (Fsp3) is 0.438. The molecule has 0 unspecified atom stereocenters. The van der Waals surface area contributed by atoms with E-state index < -0.39 is 9.84 Å². The van der Waals surface area contributed by atoms with Gasteiger partial charge in [0.15, 0.2) is 10.2 Å². The van der Waals surface area contributed by atoms with Gasteiger partial charge in [-0.1, -0.05) is 47.6 Å². The van der Waals surface area contributed by atoms with Crippen molar-refractivity contribution in [3.05, 3.63) is 34.2 Å². The van der Waals surface area contributed by atoms with E-state index >= 15 is 0 Å². The van der Waals surface area contributed by atoms with E-state index in [0.29, 0.717) is 11.0 Å². The molecule has 0 bridgehead atoms. The van der Waals surface area contributed by atoms with Gasteiger partial charge in [-0.05, 0) is 37.8 Å². The highest BCUT2D eigenvalue weighted by Gasteiger charge is 2.28. The first-order valence-corrected chi connectivity index (χ1v) is 10.3. The van der Waals surface area contributed by atoms with Crippen molar-refractivity contribution in [2.45, 2.75) is 36.6 Å². The molecular weight excluding hydrogens is 352 g/mol. The molecule has 1 atom stereocenters. The molecule has 0 radical (unpaired) electrons. The fourth-order valence-corrected chi connectivity index (χ4v) is 5.70. The van der Waals surface area contributed by atoms with E-state index in [1.165, 1.54) is 17.8 Å². The minimum absolute atomic E-state index is 0.0266. The third-order valence-corrected chi connectivity index (χ3v) is 7.31. The highest BCUT2D eigenvalue weighted by Crippen LogP contribution is 2.37. The zero-order chi connectivity index (χ0) is 16.6. The van der Waals surface area contributed by atoms with Crippen LogP contribution in [0.15, 0.2) is 34.2 Å². The van der Waals surface area contributed by atoms with Crippen molar-refractivity contribution in [2.75, 3.05) is 18.0 Å². The monoisotopic (exact) mass is 370 g/mol. The van der Waals surface area contributed by atoms with Gasteiger partial charge in [-0.3, -0.25) is 0 Å². The number of halogens is 1. The lowest BCUT2D eigenvalue weighted by atomic mass is 10.0. The van der Waals surface area contributed by atoms with Crippen LogP contribution in [-0.4, -0.2) is 26.5 Å². The molecule has 0 amide bonds. The molecule has 1 aromatic heterocycles. The van der Waals surface area contributed by atoms with Gasteiger partial charge in [-0.25, -0.2) is 13.4 Å². The first-order chi connectivity index (χ1) is 10.9. The lowest BCUT2D eigenvalue weighted by molar-refractivity contribution is 0.446. The van der Waals surface area contributed by atoms with Crippen molar-refractivity contribution >= 4 is 37.9 Å². The van der Waals surface area contributed by atoms with E-state index in [9.17, 15) is 8.42 Å². The maximum absolute atomic E-state index is 12.8. The third kappa shape index (κ3) is 3.39. The van der Waals surface area contributed by atoms with Crippen LogP contribution >= 0.6 is 22.9 Å². The highest BCUT2D eigenvalue weighted by molar-refractivity contribution is 7.91. The Labute approximate surface area is 146 Å². The minimum Gasteiger partial charge on any atom is -0.348 e. The molecule has 7 heteroatoms. The van der Waals surface area contributed by atoms with Crippen LogP contribution in [0, 0.1) is 12.8 Å². The Morgan fingerprint density at radius 1 is 1.30 bits per heavy atom. The SMILES string of the molecule is Cc1ccc(S(=O)(=O)c2nc(N3CCC[C@H](C)C3)sc2Cl)cc1. The van der Waals surface area contributed by atoms with Crippen molar-refractivity contribution in [3.63, 3.8) is 0 Å². The Balaban J connectivity index is 1.95. The molecule has 0 N–H and O–H groups in total. The maximum Gasteiger partial charge on any atom is 0.226 e. The summed E-state index contributed by atoms with van der Waals surface area (Å²) in [6.07, 6.45) is 2.29. The van der Waals surface area contributed by atoms with Gasteiger partial charge in [-0.15, -0.1) is 0 Å². The molecule has 1 aliphatic heterocycles. The first-order valence-electron chi connectivity index (χ1n) is 7.61. The summed E-state index contributed by atoms with van der Waals surface area (Å²) in [4.78, 5) is 6.73. The Morgan fingerprint density at radius 2 is 2.00 bits per heavy atom. The molecule has 1 aliphatic rings. The number of anilines is 1. The van der Waals surface area contributed by atoms with Crippen LogP contribution in [0.4, 0.5) is 5.13 Å². The number of aryl methyl sites for hydroxylation is 1. The van der Waals surface area contributed by atoms with Crippen molar-refractivity contribution in [3.8, 4) is 0 Å². The molecule has 1 fully saturated rings. The van der Waals surface area contributed by atoms with Crippen LogP contribution in [0.2, 0.25) is 4.34 Å². The Bertz CT molecular complexity index is 800. The third-order valence-electron chi connectivity index (χ3n) is 4.06. The van der Waals surface area contributed by atoms with E-state index in [2.05, 4.69) is 16.8 Å². The zero-order valence-corrected chi connectivity index (χ0v) is 15.5. The lowest BCUT2D eigenvalue weighted by Crippen LogP contribution is -2.34. The summed E-state index contributed by atoms with van der Waals surface area (Å²) in [5, 5.41) is 0.675.